The summed E-state index contributed by atoms with van der Waals surface area (Å²) < 4.78 is 1.54. The highest BCUT2D eigenvalue weighted by molar-refractivity contribution is 5.85. The lowest BCUT2D eigenvalue weighted by Gasteiger charge is -2.14. The fourth-order valence-electron chi connectivity index (χ4n) is 2.92. The van der Waals surface area contributed by atoms with Gasteiger partial charge in [0.1, 0.15) is 0 Å². The number of aromatic nitrogens is 3. The minimum atomic E-state index is -1.11. The largest absolute Gasteiger partial charge is 0.479 e. The monoisotopic (exact) mass is 352 g/mol. The van der Waals surface area contributed by atoms with Crippen LogP contribution in [0, 0.1) is 6.92 Å². The molecule has 0 bridgehead atoms. The van der Waals surface area contributed by atoms with Crippen molar-refractivity contribution in [2.45, 2.75) is 25.8 Å². The van der Waals surface area contributed by atoms with Crippen molar-refractivity contribution in [1.29, 1.82) is 0 Å². The topological polar surface area (TPSA) is 97.1 Å². The number of hydrogen-bond donors (Lipinski definition) is 2. The lowest BCUT2D eigenvalue weighted by molar-refractivity contribution is -0.142. The highest BCUT2D eigenvalue weighted by Crippen LogP contribution is 2.18. The molecule has 0 radical (unpaired) electrons. The molecule has 2 heterocycles. The molecule has 1 aromatic carbocycles. The summed E-state index contributed by atoms with van der Waals surface area (Å²) in [4.78, 5) is 28.2. The number of amides is 1. The number of aryl methyl sites for hydroxylation is 3. The highest BCUT2D eigenvalue weighted by Gasteiger charge is 2.25. The molecule has 0 fully saturated rings. The number of pyridine rings is 1. The van der Waals surface area contributed by atoms with E-state index in [1.165, 1.54) is 4.68 Å². The van der Waals surface area contributed by atoms with E-state index < -0.39 is 12.0 Å². The lowest BCUT2D eigenvalue weighted by Crippen LogP contribution is -2.34. The van der Waals surface area contributed by atoms with Gasteiger partial charge >= 0.3 is 5.97 Å². The van der Waals surface area contributed by atoms with Gasteiger partial charge in [0.2, 0.25) is 5.91 Å². The molecule has 7 heteroatoms. The van der Waals surface area contributed by atoms with Crippen LogP contribution in [0.4, 0.5) is 0 Å². The molecule has 1 unspecified atom stereocenters. The Morgan fingerprint density at radius 2 is 2.08 bits per heavy atom. The molecule has 0 aliphatic heterocycles. The Kier molecular flexibility index (Phi) is 4.97. The fraction of sp³-hybridized carbons (Fsp3) is 0.263. The summed E-state index contributed by atoms with van der Waals surface area (Å²) in [5.74, 6) is -1.43. The first-order valence-corrected chi connectivity index (χ1v) is 8.30. The van der Waals surface area contributed by atoms with Gasteiger partial charge in [-0.1, -0.05) is 18.2 Å². The van der Waals surface area contributed by atoms with Gasteiger partial charge in [0, 0.05) is 36.8 Å². The average Bonchev–Trinajstić information content (AvgIpc) is 2.95. The molecule has 0 saturated heterocycles. The normalized spacial score (nSPS) is 12.1. The first-order valence-electron chi connectivity index (χ1n) is 8.30. The first-order chi connectivity index (χ1) is 12.4. The summed E-state index contributed by atoms with van der Waals surface area (Å²) in [6.45, 7) is 1.72. The smallest absolute Gasteiger partial charge is 0.331 e. The molecule has 0 spiro atoms. The Hall–Kier alpha value is -3.22. The second kappa shape index (κ2) is 7.35. The van der Waals surface area contributed by atoms with Crippen LogP contribution in [0.1, 0.15) is 29.3 Å². The minimum Gasteiger partial charge on any atom is -0.479 e. The maximum absolute atomic E-state index is 12.3. The summed E-state index contributed by atoms with van der Waals surface area (Å²) in [5, 5.41) is 17.2. The number of aliphatic carboxylic acids is 1. The van der Waals surface area contributed by atoms with E-state index in [9.17, 15) is 14.7 Å². The van der Waals surface area contributed by atoms with Gasteiger partial charge in [0.15, 0.2) is 6.04 Å². The summed E-state index contributed by atoms with van der Waals surface area (Å²) in [6, 6.07) is 8.65. The van der Waals surface area contributed by atoms with Crippen LogP contribution in [0.3, 0.4) is 0 Å². The van der Waals surface area contributed by atoms with Gasteiger partial charge in [-0.25, -0.2) is 4.79 Å². The molecule has 0 aliphatic rings. The van der Waals surface area contributed by atoms with Gasteiger partial charge in [-0.2, -0.15) is 5.10 Å². The SMILES string of the molecule is Cc1nn(C)cc1C(NC(=O)CCc1cnc2ccccc2c1)C(=O)O. The van der Waals surface area contributed by atoms with Gasteiger partial charge in [0.05, 0.1) is 11.2 Å². The number of fused-ring (bicyclic) bond motifs is 1. The van der Waals surface area contributed by atoms with Crippen molar-refractivity contribution in [1.82, 2.24) is 20.1 Å². The van der Waals surface area contributed by atoms with Crippen LogP contribution in [0.25, 0.3) is 10.9 Å². The number of carboxylic acids is 1. The Bertz CT molecular complexity index is 964. The number of rotatable bonds is 6. The molecule has 26 heavy (non-hydrogen) atoms. The zero-order valence-corrected chi connectivity index (χ0v) is 14.6. The number of benzene rings is 1. The zero-order valence-electron chi connectivity index (χ0n) is 14.6. The summed E-state index contributed by atoms with van der Waals surface area (Å²) in [7, 11) is 1.71. The molecule has 7 nitrogen and oxygen atoms in total. The Morgan fingerprint density at radius 1 is 1.31 bits per heavy atom. The molecule has 0 saturated carbocycles. The second-order valence-electron chi connectivity index (χ2n) is 6.22. The van der Waals surface area contributed by atoms with Crippen LogP contribution >= 0.6 is 0 Å². The molecular formula is C19H20N4O3. The van der Waals surface area contributed by atoms with E-state index in [-0.39, 0.29) is 12.3 Å². The molecule has 2 aromatic heterocycles. The van der Waals surface area contributed by atoms with Crippen LogP contribution in [0.5, 0.6) is 0 Å². The minimum absolute atomic E-state index is 0.184. The Balaban J connectivity index is 1.66. The molecule has 1 atom stereocenters. The summed E-state index contributed by atoms with van der Waals surface area (Å²) in [5.41, 5.74) is 2.90. The van der Waals surface area contributed by atoms with E-state index in [0.29, 0.717) is 17.7 Å². The van der Waals surface area contributed by atoms with Gasteiger partial charge in [-0.05, 0) is 31.0 Å². The molecule has 3 rings (SSSR count). The average molecular weight is 352 g/mol. The van der Waals surface area contributed by atoms with Gasteiger partial charge in [-0.15, -0.1) is 0 Å². The van der Waals surface area contributed by atoms with E-state index in [2.05, 4.69) is 15.4 Å². The van der Waals surface area contributed by atoms with Gasteiger partial charge < -0.3 is 10.4 Å². The van der Waals surface area contributed by atoms with Gasteiger partial charge in [0.25, 0.3) is 0 Å². The third kappa shape index (κ3) is 3.88. The van der Waals surface area contributed by atoms with Gasteiger partial charge in [-0.3, -0.25) is 14.5 Å². The number of nitrogens with one attached hydrogen (secondary N) is 1. The van der Waals surface area contributed by atoms with Crippen LogP contribution in [0.2, 0.25) is 0 Å². The Morgan fingerprint density at radius 3 is 2.77 bits per heavy atom. The zero-order chi connectivity index (χ0) is 18.7. The molecule has 134 valence electrons. The summed E-state index contributed by atoms with van der Waals surface area (Å²) >= 11 is 0. The predicted octanol–water partition coefficient (Wildman–Crippen LogP) is 2.15. The van der Waals surface area contributed by atoms with Crippen LogP contribution in [0.15, 0.2) is 42.7 Å². The number of para-hydroxylation sites is 1. The maximum atomic E-state index is 12.3. The molecule has 3 aromatic rings. The second-order valence-corrected chi connectivity index (χ2v) is 6.22. The maximum Gasteiger partial charge on any atom is 0.331 e. The van der Waals surface area contributed by atoms with Crippen molar-refractivity contribution >= 4 is 22.8 Å². The highest BCUT2D eigenvalue weighted by atomic mass is 16.4. The molecule has 2 N–H and O–H groups in total. The fourth-order valence-corrected chi connectivity index (χ4v) is 2.92. The van der Waals surface area contributed by atoms with Crippen molar-refractivity contribution in [2.24, 2.45) is 7.05 Å². The van der Waals surface area contributed by atoms with E-state index in [1.807, 2.05) is 30.3 Å². The van der Waals surface area contributed by atoms with Crippen molar-refractivity contribution in [3.63, 3.8) is 0 Å². The standard InChI is InChI=1S/C19H20N4O3/c1-12-15(11-23(2)22-12)18(19(25)26)21-17(24)8-7-13-9-14-5-3-4-6-16(14)20-10-13/h3-6,9-11,18H,7-8H2,1-2H3,(H,21,24)(H,25,26). The van der Waals surface area contributed by atoms with Crippen molar-refractivity contribution in [3.05, 3.63) is 59.5 Å². The quantitative estimate of drug-likeness (QED) is 0.708. The van der Waals surface area contributed by atoms with E-state index >= 15 is 0 Å². The predicted molar refractivity (Wildman–Crippen MR) is 96.5 cm³/mol. The van der Waals surface area contributed by atoms with Crippen molar-refractivity contribution in [2.75, 3.05) is 0 Å². The summed E-state index contributed by atoms with van der Waals surface area (Å²) in [6.07, 6.45) is 4.03. The van der Waals surface area contributed by atoms with E-state index in [4.69, 9.17) is 0 Å². The van der Waals surface area contributed by atoms with Crippen molar-refractivity contribution < 1.29 is 14.7 Å². The number of carboxylic acid groups (broad SMARTS) is 1. The third-order valence-electron chi connectivity index (χ3n) is 4.20. The first kappa shape index (κ1) is 17.6. The van der Waals surface area contributed by atoms with Crippen LogP contribution < -0.4 is 5.32 Å². The number of carbonyl (C=O) groups is 2. The number of nitrogens with zero attached hydrogens (tertiary/aromatic N) is 3. The van der Waals surface area contributed by atoms with E-state index in [1.54, 1.807) is 26.4 Å². The van der Waals surface area contributed by atoms with E-state index in [0.717, 1.165) is 16.5 Å². The Labute approximate surface area is 150 Å². The third-order valence-corrected chi connectivity index (χ3v) is 4.20. The molecule has 0 aliphatic carbocycles. The molecule has 1 amide bonds. The van der Waals surface area contributed by atoms with Crippen LogP contribution in [-0.2, 0) is 23.1 Å². The van der Waals surface area contributed by atoms with Crippen molar-refractivity contribution in [3.8, 4) is 0 Å². The number of hydrogen-bond acceptors (Lipinski definition) is 4. The number of carbonyl (C=O) groups excluding carboxylic acids is 1. The van der Waals surface area contributed by atoms with Crippen LogP contribution in [-0.4, -0.2) is 31.7 Å². The molecular weight excluding hydrogens is 332 g/mol. The lowest BCUT2D eigenvalue weighted by atomic mass is 10.1.